The Labute approximate surface area is 79.5 Å². The standard InChI is InChI=1S/C5H11.C4H10.CH3.Al/c1-3-5-4-2;1-4(2)3;;/h1,3-5H2,2H3;4H,1-3H3;1H3;. The monoisotopic (exact) mass is 171 g/mol. The second-order valence-electron chi connectivity index (χ2n) is 3.64. The predicted octanol–water partition coefficient (Wildman–Crippen LogP) is 4.01. The van der Waals surface area contributed by atoms with E-state index in [1.165, 1.54) is 24.5 Å². The van der Waals surface area contributed by atoms with E-state index in [4.69, 9.17) is 0 Å². The van der Waals surface area contributed by atoms with E-state index in [9.17, 15) is 0 Å². The summed E-state index contributed by atoms with van der Waals surface area (Å²) in [5.74, 6) is 3.16. The molecule has 0 aromatic heterocycles. The van der Waals surface area contributed by atoms with E-state index in [0.717, 1.165) is 21.1 Å². The van der Waals surface area contributed by atoms with E-state index in [-0.39, 0.29) is 0 Å². The van der Waals surface area contributed by atoms with Crippen LogP contribution >= 0.6 is 0 Å². The first-order valence-corrected chi connectivity index (χ1v) is 6.90. The third kappa shape index (κ3) is 37.3. The van der Waals surface area contributed by atoms with Gasteiger partial charge in [0.05, 0.1) is 0 Å². The summed E-state index contributed by atoms with van der Waals surface area (Å²) in [6, 6.07) is 0. The van der Waals surface area contributed by atoms with Crippen molar-refractivity contribution < 1.29 is 0 Å². The lowest BCUT2D eigenvalue weighted by Gasteiger charge is -1.89. The molecule has 0 aliphatic rings. The molecule has 1 radical (unpaired) electrons. The van der Waals surface area contributed by atoms with E-state index in [1.807, 2.05) is 0 Å². The smallest absolute Gasteiger partial charge is 0.115 e. The first-order chi connectivity index (χ1) is 5.15. The van der Waals surface area contributed by atoms with Crippen LogP contribution in [0.3, 0.4) is 0 Å². The maximum absolute atomic E-state index is 2.33. The lowest BCUT2D eigenvalue weighted by Crippen LogP contribution is -1.79. The minimum absolute atomic E-state index is 0.781. The van der Waals surface area contributed by atoms with E-state index >= 15 is 0 Å². The Hall–Kier alpha value is 0.532. The van der Waals surface area contributed by atoms with Crippen molar-refractivity contribution in [2.45, 2.75) is 58.0 Å². The molecule has 0 N–H and O–H groups in total. The topological polar surface area (TPSA) is 0 Å². The molecule has 0 unspecified atom stereocenters. The van der Waals surface area contributed by atoms with Crippen LogP contribution in [0.25, 0.3) is 0 Å². The molecule has 0 atom stereocenters. The highest BCUT2D eigenvalue weighted by atomic mass is 27.1. The molecule has 0 aromatic rings. The van der Waals surface area contributed by atoms with Gasteiger partial charge in [0.25, 0.3) is 0 Å². The molecule has 0 fully saturated rings. The fourth-order valence-electron chi connectivity index (χ4n) is 0.598. The fraction of sp³-hybridized carbons (Fsp3) is 1.00. The van der Waals surface area contributed by atoms with Crippen molar-refractivity contribution in [1.82, 2.24) is 0 Å². The predicted molar refractivity (Wildman–Crippen MR) is 56.5 cm³/mol. The molecule has 0 spiro atoms. The normalized spacial score (nSPS) is 8.91. The molecule has 67 valence electrons. The number of hydrogen-bond donors (Lipinski definition) is 0. The number of unbranched alkanes of at least 4 members (excludes halogenated alkanes) is 2. The molecule has 0 bridgehead atoms. The van der Waals surface area contributed by atoms with Gasteiger partial charge in [-0.25, -0.2) is 0 Å². The summed E-state index contributed by atoms with van der Waals surface area (Å²) in [4.78, 5) is 0. The molecule has 0 nitrogen and oxygen atoms in total. The van der Waals surface area contributed by atoms with Crippen molar-refractivity contribution in [2.24, 2.45) is 5.92 Å². The summed E-state index contributed by atoms with van der Waals surface area (Å²) in [5.41, 5.74) is 0. The maximum atomic E-state index is 2.33. The summed E-state index contributed by atoms with van der Waals surface area (Å²) < 4.78 is 0. The molecule has 0 amide bonds. The van der Waals surface area contributed by atoms with Gasteiger partial charge in [0, 0.05) is 0 Å². The number of rotatable bonds is 4. The van der Waals surface area contributed by atoms with Crippen molar-refractivity contribution in [1.29, 1.82) is 0 Å². The molecule has 0 heterocycles. The summed E-state index contributed by atoms with van der Waals surface area (Å²) in [6.45, 7) is 8.75. The van der Waals surface area contributed by atoms with Crippen LogP contribution < -0.4 is 0 Å². The van der Waals surface area contributed by atoms with E-state index < -0.39 is 0 Å². The Morgan fingerprint density at radius 1 is 1.09 bits per heavy atom. The Bertz CT molecular complexity index is 44.1. The summed E-state index contributed by atoms with van der Waals surface area (Å²) in [5, 5.41) is 1.51. The highest BCUT2D eigenvalue weighted by Crippen LogP contribution is 1.97. The number of hydrogen-bond acceptors (Lipinski definition) is 0. The van der Waals surface area contributed by atoms with Crippen LogP contribution in [-0.4, -0.2) is 15.2 Å². The van der Waals surface area contributed by atoms with Gasteiger partial charge < -0.3 is 0 Å². The lowest BCUT2D eigenvalue weighted by molar-refractivity contribution is 0.737. The molecule has 0 aromatic carbocycles. The second-order valence-corrected chi connectivity index (χ2v) is 5.03. The lowest BCUT2D eigenvalue weighted by atomic mass is 10.3. The zero-order valence-electron chi connectivity index (χ0n) is 8.98. The van der Waals surface area contributed by atoms with Gasteiger partial charge in [0.15, 0.2) is 15.2 Å². The van der Waals surface area contributed by atoms with Gasteiger partial charge in [0.1, 0.15) is 0 Å². The Morgan fingerprint density at radius 2 is 1.55 bits per heavy atom. The van der Waals surface area contributed by atoms with Crippen LogP contribution in [0.4, 0.5) is 0 Å². The van der Waals surface area contributed by atoms with Crippen LogP contribution in [0.5, 0.6) is 0 Å². The summed E-state index contributed by atoms with van der Waals surface area (Å²) >= 11 is 0.781. The highest BCUT2D eigenvalue weighted by molar-refractivity contribution is 6.33. The average Bonchev–Trinajstić information content (AvgIpc) is 1.88. The van der Waals surface area contributed by atoms with Crippen molar-refractivity contribution in [2.75, 3.05) is 0 Å². The molecule has 0 rings (SSSR count). The molecule has 0 aliphatic heterocycles. The van der Waals surface area contributed by atoms with Crippen LogP contribution in [0.1, 0.15) is 47.0 Å². The van der Waals surface area contributed by atoms with Crippen LogP contribution in [0, 0.1) is 5.92 Å². The van der Waals surface area contributed by atoms with Gasteiger partial charge in [-0.3, -0.25) is 0 Å². The van der Waals surface area contributed by atoms with Gasteiger partial charge in [-0.05, 0) is 5.92 Å². The first kappa shape index (κ1) is 14.1. The van der Waals surface area contributed by atoms with Gasteiger partial charge in [-0.15, -0.1) is 11.1 Å². The summed E-state index contributed by atoms with van der Waals surface area (Å²) in [6.07, 6.45) is 4.29. The maximum Gasteiger partial charge on any atom is 0.195 e. The highest BCUT2D eigenvalue weighted by Gasteiger charge is 1.82. The third-order valence-electron chi connectivity index (χ3n) is 1.10. The molecular weight excluding hydrogens is 147 g/mol. The first-order valence-electron chi connectivity index (χ1n) is 4.92. The van der Waals surface area contributed by atoms with E-state index in [1.54, 1.807) is 0 Å². The van der Waals surface area contributed by atoms with Crippen molar-refractivity contribution >= 4 is 15.2 Å². The zero-order chi connectivity index (χ0) is 9.11. The Morgan fingerprint density at radius 3 is 1.82 bits per heavy atom. The fourth-order valence-corrected chi connectivity index (χ4v) is 1.30. The quantitative estimate of drug-likeness (QED) is 0.443. The zero-order valence-corrected chi connectivity index (χ0v) is 10.1. The molecule has 0 saturated heterocycles. The Kier molecular flexibility index (Phi) is 16.8. The molecule has 0 saturated carbocycles. The van der Waals surface area contributed by atoms with Crippen molar-refractivity contribution in [3.8, 4) is 0 Å². The largest absolute Gasteiger partial charge is 0.195 e. The molecule has 1 heteroatoms. The van der Waals surface area contributed by atoms with Crippen molar-refractivity contribution in [3.63, 3.8) is 0 Å². The SMILES string of the molecule is CC(C)C.CCCC[CH2][Al][CH3]. The molecule has 0 aliphatic carbocycles. The van der Waals surface area contributed by atoms with E-state index in [0.29, 0.717) is 0 Å². The molecule has 11 heavy (non-hydrogen) atoms. The average molecular weight is 171 g/mol. The van der Waals surface area contributed by atoms with Gasteiger partial charge >= 0.3 is 0 Å². The van der Waals surface area contributed by atoms with Gasteiger partial charge in [-0.1, -0.05) is 47.0 Å². The minimum Gasteiger partial charge on any atom is -0.115 e. The Balaban J connectivity index is 0. The third-order valence-corrected chi connectivity index (χ3v) is 2.08. The van der Waals surface area contributed by atoms with Crippen LogP contribution in [0.15, 0.2) is 0 Å². The minimum atomic E-state index is 0.781. The molecular formula is C10H24Al. The van der Waals surface area contributed by atoms with Gasteiger partial charge in [-0.2, -0.15) is 0 Å². The van der Waals surface area contributed by atoms with E-state index in [2.05, 4.69) is 33.5 Å². The van der Waals surface area contributed by atoms with Crippen LogP contribution in [-0.2, 0) is 0 Å². The summed E-state index contributed by atoms with van der Waals surface area (Å²) in [7, 11) is 0. The van der Waals surface area contributed by atoms with Crippen LogP contribution in [0.2, 0.25) is 11.1 Å². The van der Waals surface area contributed by atoms with Gasteiger partial charge in [0.2, 0.25) is 0 Å². The second kappa shape index (κ2) is 13.1. The van der Waals surface area contributed by atoms with Crippen molar-refractivity contribution in [3.05, 3.63) is 0 Å².